The lowest BCUT2D eigenvalue weighted by Crippen LogP contribution is -2.36. The molecule has 0 aliphatic rings. The molecule has 2 nitrogen and oxygen atoms in total. The molecule has 0 aliphatic carbocycles. The summed E-state index contributed by atoms with van der Waals surface area (Å²) in [6.07, 6.45) is 7.71. The summed E-state index contributed by atoms with van der Waals surface area (Å²) in [6, 6.07) is 10.1. The van der Waals surface area contributed by atoms with Crippen LogP contribution in [0.4, 0.5) is 0 Å². The molecule has 2 heteroatoms. The first-order valence-electron chi connectivity index (χ1n) is 7.47. The molecule has 0 saturated heterocycles. The topological polar surface area (TPSA) is 29.1 Å². The second-order valence-electron chi connectivity index (χ2n) is 6.18. The predicted octanol–water partition coefficient (Wildman–Crippen LogP) is 4.64. The molecule has 1 aromatic carbocycles. The van der Waals surface area contributed by atoms with Crippen molar-refractivity contribution >= 4 is 5.91 Å². The van der Waals surface area contributed by atoms with Gasteiger partial charge in [-0.2, -0.15) is 0 Å². The average Bonchev–Trinajstić information content (AvgIpc) is 2.42. The van der Waals surface area contributed by atoms with Crippen LogP contribution in [0.5, 0.6) is 0 Å². The Balaban J connectivity index is 2.80. The zero-order chi connectivity index (χ0) is 15.0. The van der Waals surface area contributed by atoms with Crippen LogP contribution in [0, 0.1) is 5.41 Å². The van der Waals surface area contributed by atoms with Crippen LogP contribution in [0.1, 0.15) is 58.6 Å². The minimum Gasteiger partial charge on any atom is -0.345 e. The second kappa shape index (κ2) is 7.88. The van der Waals surface area contributed by atoms with E-state index in [1.54, 1.807) is 0 Å². The molecule has 0 heterocycles. The average molecular weight is 273 g/mol. The molecule has 0 fully saturated rings. The van der Waals surface area contributed by atoms with Crippen molar-refractivity contribution in [3.8, 4) is 0 Å². The lowest BCUT2D eigenvalue weighted by Gasteiger charge is -2.23. The Kier molecular flexibility index (Phi) is 6.50. The standard InChI is InChI=1S/C18H27NO/c1-5-6-7-11-14-16(15-12-9-8-10-13-15)19-17(20)18(2,3)4/h8-14,16H,5-7H2,1-4H3,(H,19,20)/b14-11+. The van der Waals surface area contributed by atoms with Gasteiger partial charge >= 0.3 is 0 Å². The van der Waals surface area contributed by atoms with Crippen LogP contribution in [0.2, 0.25) is 0 Å². The van der Waals surface area contributed by atoms with Gasteiger partial charge in [0.25, 0.3) is 0 Å². The van der Waals surface area contributed by atoms with Crippen LogP contribution in [0.15, 0.2) is 42.5 Å². The van der Waals surface area contributed by atoms with Crippen LogP contribution in [0.25, 0.3) is 0 Å². The summed E-state index contributed by atoms with van der Waals surface area (Å²) in [7, 11) is 0. The SMILES string of the molecule is CCCC/C=C/C(NC(=O)C(C)(C)C)c1ccccc1. The molecule has 0 spiro atoms. The van der Waals surface area contributed by atoms with E-state index in [-0.39, 0.29) is 17.4 Å². The Labute approximate surface area is 123 Å². The molecule has 1 amide bonds. The molecule has 20 heavy (non-hydrogen) atoms. The maximum absolute atomic E-state index is 12.2. The number of nitrogens with one attached hydrogen (secondary N) is 1. The Morgan fingerprint density at radius 1 is 1.25 bits per heavy atom. The van der Waals surface area contributed by atoms with E-state index in [0.717, 1.165) is 12.0 Å². The summed E-state index contributed by atoms with van der Waals surface area (Å²) in [5, 5.41) is 3.12. The molecule has 0 aliphatic heterocycles. The predicted molar refractivity (Wildman–Crippen MR) is 85.4 cm³/mol. The van der Waals surface area contributed by atoms with Gasteiger partial charge in [0.2, 0.25) is 5.91 Å². The fraction of sp³-hybridized carbons (Fsp3) is 0.500. The first-order valence-corrected chi connectivity index (χ1v) is 7.47. The number of hydrogen-bond donors (Lipinski definition) is 1. The highest BCUT2D eigenvalue weighted by atomic mass is 16.2. The quantitative estimate of drug-likeness (QED) is 0.594. The molecular formula is C18H27NO. The van der Waals surface area contributed by atoms with Crippen molar-refractivity contribution in [2.45, 2.75) is 53.0 Å². The zero-order valence-electron chi connectivity index (χ0n) is 13.1. The summed E-state index contributed by atoms with van der Waals surface area (Å²) in [5.74, 6) is 0.0755. The molecule has 1 unspecified atom stereocenters. The Bertz CT molecular complexity index is 428. The molecule has 1 aromatic rings. The van der Waals surface area contributed by atoms with Gasteiger partial charge < -0.3 is 5.32 Å². The van der Waals surface area contributed by atoms with E-state index in [1.165, 1.54) is 12.8 Å². The van der Waals surface area contributed by atoms with Gasteiger partial charge in [-0.1, -0.05) is 83.0 Å². The highest BCUT2D eigenvalue weighted by Gasteiger charge is 2.23. The molecule has 110 valence electrons. The van der Waals surface area contributed by atoms with E-state index in [1.807, 2.05) is 39.0 Å². The molecule has 0 aromatic heterocycles. The number of allylic oxidation sites excluding steroid dienone is 1. The second-order valence-corrected chi connectivity index (χ2v) is 6.18. The molecule has 0 bridgehead atoms. The lowest BCUT2D eigenvalue weighted by molar-refractivity contribution is -0.129. The van der Waals surface area contributed by atoms with Crippen molar-refractivity contribution in [2.75, 3.05) is 0 Å². The highest BCUT2D eigenvalue weighted by molar-refractivity contribution is 5.82. The summed E-state index contributed by atoms with van der Waals surface area (Å²) < 4.78 is 0. The van der Waals surface area contributed by atoms with Crippen molar-refractivity contribution < 1.29 is 4.79 Å². The Morgan fingerprint density at radius 2 is 1.90 bits per heavy atom. The van der Waals surface area contributed by atoms with Crippen LogP contribution >= 0.6 is 0 Å². The van der Waals surface area contributed by atoms with E-state index in [0.29, 0.717) is 0 Å². The lowest BCUT2D eigenvalue weighted by atomic mass is 9.94. The van der Waals surface area contributed by atoms with Crippen LogP contribution in [-0.2, 0) is 4.79 Å². The Morgan fingerprint density at radius 3 is 2.45 bits per heavy atom. The van der Waals surface area contributed by atoms with Gasteiger partial charge in [-0.15, -0.1) is 0 Å². The fourth-order valence-corrected chi connectivity index (χ4v) is 1.81. The van der Waals surface area contributed by atoms with Crippen LogP contribution < -0.4 is 5.32 Å². The van der Waals surface area contributed by atoms with Crippen LogP contribution in [-0.4, -0.2) is 5.91 Å². The Hall–Kier alpha value is -1.57. The summed E-state index contributed by atoms with van der Waals surface area (Å²) in [6.45, 7) is 7.99. The molecular weight excluding hydrogens is 246 g/mol. The van der Waals surface area contributed by atoms with Crippen molar-refractivity contribution in [3.63, 3.8) is 0 Å². The van der Waals surface area contributed by atoms with Crippen molar-refractivity contribution in [2.24, 2.45) is 5.41 Å². The van der Waals surface area contributed by atoms with Crippen molar-refractivity contribution in [1.29, 1.82) is 0 Å². The van der Waals surface area contributed by atoms with Gasteiger partial charge in [0.05, 0.1) is 6.04 Å². The van der Waals surface area contributed by atoms with Gasteiger partial charge in [-0.05, 0) is 12.0 Å². The van der Waals surface area contributed by atoms with E-state index in [4.69, 9.17) is 0 Å². The fourth-order valence-electron chi connectivity index (χ4n) is 1.81. The monoisotopic (exact) mass is 273 g/mol. The molecule has 0 radical (unpaired) electrons. The first kappa shape index (κ1) is 16.5. The number of carbonyl (C=O) groups excluding carboxylic acids is 1. The highest BCUT2D eigenvalue weighted by Crippen LogP contribution is 2.19. The molecule has 1 atom stereocenters. The maximum Gasteiger partial charge on any atom is 0.226 e. The maximum atomic E-state index is 12.2. The zero-order valence-corrected chi connectivity index (χ0v) is 13.1. The largest absolute Gasteiger partial charge is 0.345 e. The van der Waals surface area contributed by atoms with Gasteiger partial charge in [0, 0.05) is 5.41 Å². The number of benzene rings is 1. The third kappa shape index (κ3) is 5.60. The van der Waals surface area contributed by atoms with Gasteiger partial charge in [-0.25, -0.2) is 0 Å². The molecule has 0 saturated carbocycles. The summed E-state index contributed by atoms with van der Waals surface area (Å²) in [5.41, 5.74) is 0.752. The smallest absolute Gasteiger partial charge is 0.226 e. The summed E-state index contributed by atoms with van der Waals surface area (Å²) in [4.78, 5) is 12.2. The number of rotatable bonds is 6. The van der Waals surface area contributed by atoms with E-state index < -0.39 is 0 Å². The van der Waals surface area contributed by atoms with Crippen molar-refractivity contribution in [3.05, 3.63) is 48.0 Å². The molecule has 1 rings (SSSR count). The van der Waals surface area contributed by atoms with Gasteiger partial charge in [-0.3, -0.25) is 4.79 Å². The first-order chi connectivity index (χ1) is 9.45. The number of carbonyl (C=O) groups is 1. The van der Waals surface area contributed by atoms with Gasteiger partial charge in [0.1, 0.15) is 0 Å². The van der Waals surface area contributed by atoms with E-state index in [2.05, 4.69) is 36.5 Å². The number of amides is 1. The van der Waals surface area contributed by atoms with Crippen LogP contribution in [0.3, 0.4) is 0 Å². The van der Waals surface area contributed by atoms with E-state index in [9.17, 15) is 4.79 Å². The van der Waals surface area contributed by atoms with Gasteiger partial charge in [0.15, 0.2) is 0 Å². The molecule has 1 N–H and O–H groups in total. The normalized spacial score (nSPS) is 13.4. The number of hydrogen-bond acceptors (Lipinski definition) is 1. The third-order valence-corrected chi connectivity index (χ3v) is 3.18. The van der Waals surface area contributed by atoms with E-state index >= 15 is 0 Å². The minimum atomic E-state index is -0.371. The number of unbranched alkanes of at least 4 members (excludes halogenated alkanes) is 2. The minimum absolute atomic E-state index is 0.0419. The summed E-state index contributed by atoms with van der Waals surface area (Å²) >= 11 is 0. The third-order valence-electron chi connectivity index (χ3n) is 3.18. The van der Waals surface area contributed by atoms with Crippen molar-refractivity contribution in [1.82, 2.24) is 5.32 Å².